The fourth-order valence-corrected chi connectivity index (χ4v) is 4.15. The number of rotatable bonds is 3. The molecular weight excluding hydrogens is 384 g/mol. The van der Waals surface area contributed by atoms with Crippen LogP contribution in [0.5, 0.6) is 0 Å². The van der Waals surface area contributed by atoms with Gasteiger partial charge in [-0.25, -0.2) is 8.42 Å². The zero-order valence-corrected chi connectivity index (χ0v) is 15.5. The van der Waals surface area contributed by atoms with Crippen molar-refractivity contribution in [2.45, 2.75) is 9.79 Å². The second kappa shape index (κ2) is 7.07. The lowest BCUT2D eigenvalue weighted by atomic mass is 10.1. The number of hydrogen-bond acceptors (Lipinski definition) is 5. The predicted octanol–water partition coefficient (Wildman–Crippen LogP) is 2.63. The number of amides is 2. The normalized spacial score (nSPS) is 13.7. The molecule has 1 aliphatic rings. The minimum Gasteiger partial charge on any atom is -0.322 e. The zero-order valence-electron chi connectivity index (χ0n) is 13.0. The summed E-state index contributed by atoms with van der Waals surface area (Å²) in [5.41, 5.74) is 1.45. The molecule has 0 aromatic heterocycles. The Hall–Kier alpha value is -2.03. The zero-order chi connectivity index (χ0) is 18.1. The van der Waals surface area contributed by atoms with E-state index < -0.39 is 10.7 Å². The molecule has 0 saturated carbocycles. The molecule has 1 heterocycles. The number of anilines is 2. The summed E-state index contributed by atoms with van der Waals surface area (Å²) in [7, 11) is -1.12. The second-order valence-electron chi connectivity index (χ2n) is 5.30. The number of carbonyl (C=O) groups is 2. The Morgan fingerprint density at radius 2 is 2.00 bits per heavy atom. The van der Waals surface area contributed by atoms with E-state index >= 15 is 0 Å². The molecular formula is C16H13ClN2O4S2. The molecule has 1 N–H and O–H groups in total. The average Bonchev–Trinajstić information content (AvgIpc) is 2.57. The first-order valence-electron chi connectivity index (χ1n) is 7.15. The van der Waals surface area contributed by atoms with Crippen LogP contribution in [0.4, 0.5) is 11.4 Å². The van der Waals surface area contributed by atoms with Gasteiger partial charge in [-0.1, -0.05) is 11.6 Å². The number of nitrogens with one attached hydrogen (secondary N) is 1. The maximum absolute atomic E-state index is 12.4. The minimum atomic E-state index is -2.79. The molecule has 0 radical (unpaired) electrons. The van der Waals surface area contributed by atoms with Crippen LogP contribution in [0.2, 0.25) is 5.02 Å². The number of carbonyl (C=O) groups excluding carboxylic acids is 2. The summed E-state index contributed by atoms with van der Waals surface area (Å²) in [5, 5.41) is 2.71. The van der Waals surface area contributed by atoms with Gasteiger partial charge in [0, 0.05) is 23.2 Å². The highest BCUT2D eigenvalue weighted by Crippen LogP contribution is 2.35. The third-order valence-electron chi connectivity index (χ3n) is 3.71. The van der Waals surface area contributed by atoms with Gasteiger partial charge in [0.15, 0.2) is 10.7 Å². The SMILES string of the molecule is CN1C(=O)CSc2ccc(C(=O)Nc3ccc([SH](=O)=O)c(Cl)c3)cc21. The van der Waals surface area contributed by atoms with Crippen LogP contribution in [0.15, 0.2) is 46.2 Å². The summed E-state index contributed by atoms with van der Waals surface area (Å²) < 4.78 is 22.0. The van der Waals surface area contributed by atoms with Crippen molar-refractivity contribution in [3.63, 3.8) is 0 Å². The number of fused-ring (bicyclic) bond motifs is 1. The molecule has 6 nitrogen and oxygen atoms in total. The second-order valence-corrected chi connectivity index (χ2v) is 7.72. The van der Waals surface area contributed by atoms with E-state index in [-0.39, 0.29) is 21.7 Å². The average molecular weight is 397 g/mol. The van der Waals surface area contributed by atoms with E-state index in [1.807, 2.05) is 0 Å². The van der Waals surface area contributed by atoms with Gasteiger partial charge in [-0.3, -0.25) is 9.59 Å². The fourth-order valence-electron chi connectivity index (χ4n) is 2.35. The van der Waals surface area contributed by atoms with Gasteiger partial charge in [0.1, 0.15) is 0 Å². The quantitative estimate of drug-likeness (QED) is 0.779. The van der Waals surface area contributed by atoms with Gasteiger partial charge in [-0.05, 0) is 36.4 Å². The molecule has 0 bridgehead atoms. The maximum Gasteiger partial charge on any atom is 0.255 e. The van der Waals surface area contributed by atoms with Crippen molar-refractivity contribution in [3.05, 3.63) is 47.0 Å². The highest BCUT2D eigenvalue weighted by molar-refractivity contribution is 8.00. The molecule has 1 aliphatic heterocycles. The van der Waals surface area contributed by atoms with E-state index in [9.17, 15) is 18.0 Å². The summed E-state index contributed by atoms with van der Waals surface area (Å²) >= 11 is 7.34. The summed E-state index contributed by atoms with van der Waals surface area (Å²) in [5.74, 6) is -0.0271. The van der Waals surface area contributed by atoms with E-state index in [2.05, 4.69) is 5.32 Å². The summed E-state index contributed by atoms with van der Waals surface area (Å²) in [6, 6.07) is 9.31. The standard InChI is InChI=1S/C16H13ClN2O4S2/c1-19-12-6-9(2-4-13(12)24-8-15(19)20)16(21)18-10-3-5-14(25(22)23)11(17)7-10/h2-7,25H,8H2,1H3,(H,18,21). The maximum atomic E-state index is 12.4. The Labute approximate surface area is 155 Å². The van der Waals surface area contributed by atoms with Crippen LogP contribution in [0, 0.1) is 0 Å². The van der Waals surface area contributed by atoms with Crippen molar-refractivity contribution in [1.82, 2.24) is 0 Å². The van der Waals surface area contributed by atoms with Crippen LogP contribution >= 0.6 is 23.4 Å². The van der Waals surface area contributed by atoms with Gasteiger partial charge < -0.3 is 10.2 Å². The summed E-state index contributed by atoms with van der Waals surface area (Å²) in [6.07, 6.45) is 0. The van der Waals surface area contributed by atoms with Crippen molar-refractivity contribution in [3.8, 4) is 0 Å². The number of halogens is 1. The summed E-state index contributed by atoms with van der Waals surface area (Å²) in [4.78, 5) is 26.7. The first-order chi connectivity index (χ1) is 11.9. The molecule has 0 atom stereocenters. The number of thioether (sulfide) groups is 1. The molecule has 2 aromatic carbocycles. The molecule has 0 saturated heterocycles. The van der Waals surface area contributed by atoms with Crippen LogP contribution < -0.4 is 10.2 Å². The van der Waals surface area contributed by atoms with Crippen molar-refractivity contribution >= 4 is 57.3 Å². The minimum absolute atomic E-state index is 0.000563. The summed E-state index contributed by atoms with van der Waals surface area (Å²) in [6.45, 7) is 0. The van der Waals surface area contributed by atoms with E-state index in [0.717, 1.165) is 4.90 Å². The van der Waals surface area contributed by atoms with E-state index in [4.69, 9.17) is 11.6 Å². The molecule has 0 fully saturated rings. The van der Waals surface area contributed by atoms with Gasteiger partial charge in [-0.2, -0.15) is 0 Å². The lowest BCUT2D eigenvalue weighted by Crippen LogP contribution is -2.31. The largest absolute Gasteiger partial charge is 0.322 e. The molecule has 9 heteroatoms. The van der Waals surface area contributed by atoms with Crippen molar-refractivity contribution in [2.24, 2.45) is 0 Å². The topological polar surface area (TPSA) is 83.6 Å². The van der Waals surface area contributed by atoms with Crippen molar-refractivity contribution < 1.29 is 18.0 Å². The number of nitrogens with zero attached hydrogens (tertiary/aromatic N) is 1. The molecule has 0 aliphatic carbocycles. The molecule has 130 valence electrons. The highest BCUT2D eigenvalue weighted by Gasteiger charge is 2.22. The Bertz CT molecular complexity index is 951. The van der Waals surface area contributed by atoms with Crippen LogP contribution in [0.3, 0.4) is 0 Å². The lowest BCUT2D eigenvalue weighted by Gasteiger charge is -2.25. The molecule has 2 aromatic rings. The molecule has 3 rings (SSSR count). The number of benzene rings is 2. The predicted molar refractivity (Wildman–Crippen MR) is 98.6 cm³/mol. The third kappa shape index (κ3) is 3.65. The monoisotopic (exact) mass is 396 g/mol. The van der Waals surface area contributed by atoms with Crippen molar-refractivity contribution in [2.75, 3.05) is 23.0 Å². The van der Waals surface area contributed by atoms with Crippen LogP contribution in [-0.2, 0) is 15.5 Å². The number of hydrogen-bond donors (Lipinski definition) is 2. The first kappa shape index (κ1) is 17.8. The molecule has 2 amide bonds. The lowest BCUT2D eigenvalue weighted by molar-refractivity contribution is -0.116. The Morgan fingerprint density at radius 3 is 2.68 bits per heavy atom. The Kier molecular flexibility index (Phi) is 5.03. The van der Waals surface area contributed by atoms with Crippen molar-refractivity contribution in [1.29, 1.82) is 0 Å². The van der Waals surface area contributed by atoms with E-state index in [1.54, 1.807) is 25.2 Å². The van der Waals surface area contributed by atoms with Crippen LogP contribution in [0.25, 0.3) is 0 Å². The molecule has 0 spiro atoms. The van der Waals surface area contributed by atoms with E-state index in [0.29, 0.717) is 22.7 Å². The Balaban J connectivity index is 1.85. The van der Waals surface area contributed by atoms with Crippen LogP contribution in [-0.4, -0.2) is 33.0 Å². The van der Waals surface area contributed by atoms with E-state index in [1.165, 1.54) is 34.9 Å². The van der Waals surface area contributed by atoms with Gasteiger partial charge >= 0.3 is 0 Å². The Morgan fingerprint density at radius 1 is 1.24 bits per heavy atom. The molecule has 0 unspecified atom stereocenters. The first-order valence-corrected chi connectivity index (χ1v) is 9.69. The third-order valence-corrected chi connectivity index (χ3v) is 5.99. The highest BCUT2D eigenvalue weighted by atomic mass is 35.5. The fraction of sp³-hybridized carbons (Fsp3) is 0.125. The van der Waals surface area contributed by atoms with Gasteiger partial charge in [0.05, 0.1) is 21.4 Å². The van der Waals surface area contributed by atoms with Gasteiger partial charge in [0.25, 0.3) is 5.91 Å². The van der Waals surface area contributed by atoms with Crippen LogP contribution in [0.1, 0.15) is 10.4 Å². The molecule has 25 heavy (non-hydrogen) atoms. The smallest absolute Gasteiger partial charge is 0.255 e. The van der Waals surface area contributed by atoms with Gasteiger partial charge in [0.2, 0.25) is 5.91 Å². The number of thiol groups is 1. The van der Waals surface area contributed by atoms with Gasteiger partial charge in [-0.15, -0.1) is 11.8 Å².